The predicted molar refractivity (Wildman–Crippen MR) is 287 cm³/mol. The number of hydrogen-bond donors (Lipinski definition) is 3. The fourth-order valence-electron chi connectivity index (χ4n) is 14.2. The van der Waals surface area contributed by atoms with Gasteiger partial charge in [-0.25, -0.2) is 0 Å². The highest BCUT2D eigenvalue weighted by Crippen LogP contribution is 2.56. The van der Waals surface area contributed by atoms with Crippen LogP contribution in [-0.2, 0) is 0 Å². The molecule has 4 aromatic rings. The van der Waals surface area contributed by atoms with E-state index < -0.39 is 0 Å². The Kier molecular flexibility index (Phi) is 12.6. The van der Waals surface area contributed by atoms with Crippen LogP contribution in [0, 0.1) is 29.6 Å². The number of nitrogens with one attached hydrogen (secondary N) is 3. The Balaban J connectivity index is 1.03. The summed E-state index contributed by atoms with van der Waals surface area (Å²) in [5.74, 6) is 2.78. The van der Waals surface area contributed by atoms with Crippen LogP contribution in [-0.4, -0.2) is 29.3 Å². The molecule has 2 heterocycles. The van der Waals surface area contributed by atoms with Gasteiger partial charge >= 0.3 is 0 Å². The third-order valence-corrected chi connectivity index (χ3v) is 17.3. The highest BCUT2D eigenvalue weighted by atomic mass is 15.4. The van der Waals surface area contributed by atoms with E-state index in [-0.39, 0.29) is 18.5 Å². The molecular formula is C65H70N4. The summed E-state index contributed by atoms with van der Waals surface area (Å²) in [5, 5.41) is 12.7. The monoisotopic (exact) mass is 907 g/mol. The second-order valence-electron chi connectivity index (χ2n) is 21.5. The average molecular weight is 907 g/mol. The molecule has 69 heavy (non-hydrogen) atoms. The van der Waals surface area contributed by atoms with Crippen LogP contribution in [0.3, 0.4) is 0 Å². The van der Waals surface area contributed by atoms with E-state index in [9.17, 15) is 0 Å². The molecular weight excluding hydrogens is 837 g/mol. The van der Waals surface area contributed by atoms with Crippen molar-refractivity contribution in [2.24, 2.45) is 29.6 Å². The SMILES string of the molecule is CC1CC2C(C=C1c1ccccc1)C1C=C(C3=CC=CCC3)CCC1N2C1=C(C2NC(c3ccccc3)NC(C3C=CC=CC3)N2)CC(c2c(-c3ccccc3)cccc2C2C=CC=CC2)CC1C. The van der Waals surface area contributed by atoms with E-state index >= 15 is 0 Å². The zero-order chi connectivity index (χ0) is 46.3. The van der Waals surface area contributed by atoms with Crippen LogP contribution in [0.25, 0.3) is 16.7 Å². The third kappa shape index (κ3) is 8.68. The first-order valence-corrected chi connectivity index (χ1v) is 26.6. The van der Waals surface area contributed by atoms with Gasteiger partial charge in [-0.3, -0.25) is 16.0 Å². The lowest BCUT2D eigenvalue weighted by atomic mass is 9.70. The third-order valence-electron chi connectivity index (χ3n) is 17.3. The van der Waals surface area contributed by atoms with Gasteiger partial charge in [0.15, 0.2) is 0 Å². The number of nitrogens with zero attached hydrogens (tertiary/aromatic N) is 1. The lowest BCUT2D eigenvalue weighted by Crippen LogP contribution is -2.66. The largest absolute Gasteiger partial charge is 0.367 e. The molecule has 12 unspecified atom stereocenters. The summed E-state index contributed by atoms with van der Waals surface area (Å²) >= 11 is 0. The van der Waals surface area contributed by atoms with Crippen molar-refractivity contribution in [2.75, 3.05) is 0 Å². The Bertz CT molecular complexity index is 2780. The van der Waals surface area contributed by atoms with Gasteiger partial charge in [0.25, 0.3) is 0 Å². The van der Waals surface area contributed by atoms with Crippen LogP contribution in [0.2, 0.25) is 0 Å². The Morgan fingerprint density at radius 2 is 1.32 bits per heavy atom. The Morgan fingerprint density at radius 1 is 0.580 bits per heavy atom. The molecule has 8 aliphatic rings. The van der Waals surface area contributed by atoms with Crippen LogP contribution in [0.5, 0.6) is 0 Å². The maximum absolute atomic E-state index is 4.34. The number of rotatable bonds is 9. The van der Waals surface area contributed by atoms with Crippen LogP contribution in [0.15, 0.2) is 211 Å². The first-order valence-electron chi connectivity index (χ1n) is 26.6. The van der Waals surface area contributed by atoms with Gasteiger partial charge < -0.3 is 4.90 Å². The molecule has 0 amide bonds. The normalized spacial score (nSPS) is 32.8. The van der Waals surface area contributed by atoms with Gasteiger partial charge in [0.05, 0.1) is 18.5 Å². The van der Waals surface area contributed by atoms with Crippen molar-refractivity contribution < 1.29 is 0 Å². The van der Waals surface area contributed by atoms with Crippen LogP contribution in [0.4, 0.5) is 0 Å². The molecule has 0 spiro atoms. The molecule has 12 rings (SSSR count). The summed E-state index contributed by atoms with van der Waals surface area (Å²) in [5.41, 5.74) is 16.4. The summed E-state index contributed by atoms with van der Waals surface area (Å²) < 4.78 is 0. The molecule has 2 aliphatic heterocycles. The van der Waals surface area contributed by atoms with Crippen LogP contribution >= 0.6 is 0 Å². The molecule has 4 aromatic carbocycles. The maximum atomic E-state index is 4.34. The minimum absolute atomic E-state index is 0.000601. The lowest BCUT2D eigenvalue weighted by molar-refractivity contribution is 0.150. The Hall–Kier alpha value is -5.78. The van der Waals surface area contributed by atoms with E-state index in [1.165, 1.54) is 40.7 Å². The zero-order valence-corrected chi connectivity index (χ0v) is 40.6. The highest BCUT2D eigenvalue weighted by molar-refractivity contribution is 5.71. The van der Waals surface area contributed by atoms with Gasteiger partial charge in [0, 0.05) is 41.5 Å². The standard InChI is InChI=1S/C65H70N4/c1-43-39-60-57(42-55(43)48-28-15-6-16-29-48)56-40-51(45-22-9-3-10-23-45)36-37-59(56)69(60)62-44(2)38-52(61-53(46-24-11-4-12-25-46)34-21-35-54(61)47-26-13-5-14-27-47)41-58(62)65-67-63(49-30-17-7-18-31-49)66-64(68-65)50-32-19-8-20-33-50/h3-9,11-22,24-26,28-32,34-35,40,42-44,47,50,52,56-57,59-60,63-68H,10,23,27,33,36-39,41H2,1-2H3. The van der Waals surface area contributed by atoms with Crippen molar-refractivity contribution in [3.05, 3.63) is 233 Å². The minimum atomic E-state index is -0.0197. The van der Waals surface area contributed by atoms with Gasteiger partial charge in [0.1, 0.15) is 0 Å². The van der Waals surface area contributed by atoms with E-state index in [4.69, 9.17) is 0 Å². The smallest absolute Gasteiger partial charge is 0.0862 e. The molecule has 0 radical (unpaired) electrons. The molecule has 12 atom stereocenters. The van der Waals surface area contributed by atoms with E-state index in [2.05, 4.69) is 223 Å². The van der Waals surface area contributed by atoms with Crippen molar-refractivity contribution in [1.82, 2.24) is 20.9 Å². The van der Waals surface area contributed by atoms with Gasteiger partial charge in [-0.2, -0.15) is 0 Å². The van der Waals surface area contributed by atoms with E-state index in [0.717, 1.165) is 44.9 Å². The molecule has 4 nitrogen and oxygen atoms in total. The van der Waals surface area contributed by atoms with Crippen molar-refractivity contribution in [2.45, 2.75) is 114 Å². The lowest BCUT2D eigenvalue weighted by Gasteiger charge is -2.49. The average Bonchev–Trinajstić information content (AvgIpc) is 3.73. The second kappa shape index (κ2) is 19.5. The molecule has 0 bridgehead atoms. The fourth-order valence-corrected chi connectivity index (χ4v) is 14.2. The Morgan fingerprint density at radius 3 is 2.06 bits per heavy atom. The topological polar surface area (TPSA) is 39.3 Å². The predicted octanol–water partition coefficient (Wildman–Crippen LogP) is 14.4. The van der Waals surface area contributed by atoms with Gasteiger partial charge in [-0.05, 0) is 131 Å². The van der Waals surface area contributed by atoms with E-state index in [1.807, 2.05) is 0 Å². The molecule has 2 saturated heterocycles. The summed E-state index contributed by atoms with van der Waals surface area (Å²) in [6.45, 7) is 5.12. The summed E-state index contributed by atoms with van der Waals surface area (Å²) in [6.07, 6.45) is 41.3. The fraction of sp³-hybridized carbons (Fsp3) is 0.354. The van der Waals surface area contributed by atoms with Crippen molar-refractivity contribution in [3.8, 4) is 11.1 Å². The molecule has 350 valence electrons. The number of allylic oxidation sites excluding steroid dienone is 14. The van der Waals surface area contributed by atoms with Gasteiger partial charge in [-0.15, -0.1) is 0 Å². The van der Waals surface area contributed by atoms with Crippen molar-refractivity contribution in [3.63, 3.8) is 0 Å². The first-order chi connectivity index (χ1) is 34.1. The van der Waals surface area contributed by atoms with Crippen molar-refractivity contribution in [1.29, 1.82) is 0 Å². The quantitative estimate of drug-likeness (QED) is 0.156. The minimum Gasteiger partial charge on any atom is -0.367 e. The zero-order valence-electron chi connectivity index (χ0n) is 40.6. The Labute approximate surface area is 412 Å². The van der Waals surface area contributed by atoms with Gasteiger partial charge in [-0.1, -0.05) is 202 Å². The van der Waals surface area contributed by atoms with Crippen LogP contribution in [0.1, 0.15) is 112 Å². The number of fused-ring (bicyclic) bond motifs is 3. The van der Waals surface area contributed by atoms with Gasteiger partial charge in [0.2, 0.25) is 0 Å². The molecule has 0 aromatic heterocycles. The maximum Gasteiger partial charge on any atom is 0.0862 e. The highest BCUT2D eigenvalue weighted by Gasteiger charge is 2.53. The molecule has 4 heteroatoms. The van der Waals surface area contributed by atoms with Crippen molar-refractivity contribution >= 4 is 5.57 Å². The summed E-state index contributed by atoms with van der Waals surface area (Å²) in [4.78, 5) is 3.11. The number of hydrogen-bond acceptors (Lipinski definition) is 4. The molecule has 0 saturated carbocycles. The molecule has 6 aliphatic carbocycles. The number of benzene rings is 4. The summed E-state index contributed by atoms with van der Waals surface area (Å²) in [7, 11) is 0. The first kappa shape index (κ1) is 44.4. The summed E-state index contributed by atoms with van der Waals surface area (Å²) in [6, 6.07) is 41.9. The molecule has 3 N–H and O–H groups in total. The second-order valence-corrected chi connectivity index (χ2v) is 21.5. The van der Waals surface area contributed by atoms with E-state index in [1.54, 1.807) is 33.6 Å². The van der Waals surface area contributed by atoms with Crippen LogP contribution < -0.4 is 16.0 Å². The number of likely N-dealkylation sites (tertiary alicyclic amines) is 1. The van der Waals surface area contributed by atoms with E-state index in [0.29, 0.717) is 53.5 Å². The molecule has 2 fully saturated rings.